The highest BCUT2D eigenvalue weighted by atomic mass is 79.9. The van der Waals surface area contributed by atoms with E-state index < -0.39 is 0 Å². The molecule has 2 heteroatoms. The maximum absolute atomic E-state index is 5.34. The van der Waals surface area contributed by atoms with Gasteiger partial charge in [0.1, 0.15) is 5.75 Å². The average molecular weight is 241 g/mol. The van der Waals surface area contributed by atoms with Crippen LogP contribution in [0.4, 0.5) is 0 Å². The van der Waals surface area contributed by atoms with Gasteiger partial charge in [-0.3, -0.25) is 0 Å². The molecule has 0 saturated heterocycles. The first-order valence-electron chi connectivity index (χ1n) is 4.63. The predicted molar refractivity (Wildman–Crippen MR) is 57.6 cm³/mol. The molecule has 1 atom stereocenters. The summed E-state index contributed by atoms with van der Waals surface area (Å²) in [6, 6.07) is 6.30. The zero-order valence-electron chi connectivity index (χ0n) is 7.72. The van der Waals surface area contributed by atoms with E-state index in [1.165, 1.54) is 24.0 Å². The molecule has 1 nitrogen and oxygen atoms in total. The van der Waals surface area contributed by atoms with E-state index in [1.54, 1.807) is 7.11 Å². The number of alkyl halides is 1. The highest BCUT2D eigenvalue weighted by Gasteiger charge is 2.19. The van der Waals surface area contributed by atoms with E-state index in [1.807, 2.05) is 6.07 Å². The Morgan fingerprint density at radius 2 is 2.31 bits per heavy atom. The summed E-state index contributed by atoms with van der Waals surface area (Å²) in [6.45, 7) is 0. The number of ether oxygens (including phenoxy) is 1. The van der Waals surface area contributed by atoms with E-state index in [4.69, 9.17) is 4.74 Å². The van der Waals surface area contributed by atoms with Crippen molar-refractivity contribution in [3.63, 3.8) is 0 Å². The molecule has 70 valence electrons. The van der Waals surface area contributed by atoms with Crippen LogP contribution in [0.5, 0.6) is 5.75 Å². The van der Waals surface area contributed by atoms with Crippen molar-refractivity contribution in [3.05, 3.63) is 29.3 Å². The van der Waals surface area contributed by atoms with Gasteiger partial charge in [-0.25, -0.2) is 0 Å². The van der Waals surface area contributed by atoms with E-state index in [-0.39, 0.29) is 0 Å². The summed E-state index contributed by atoms with van der Waals surface area (Å²) in [4.78, 5) is 0.520. The molecule has 1 aliphatic rings. The molecule has 0 heterocycles. The van der Waals surface area contributed by atoms with Crippen molar-refractivity contribution >= 4 is 15.9 Å². The third-order valence-corrected chi connectivity index (χ3v) is 3.56. The summed E-state index contributed by atoms with van der Waals surface area (Å²) in [5.74, 6) is 1.04. The van der Waals surface area contributed by atoms with Gasteiger partial charge in [-0.05, 0) is 36.5 Å². The van der Waals surface area contributed by atoms with Crippen LogP contribution in [0.1, 0.15) is 28.8 Å². The Morgan fingerprint density at radius 3 is 3.08 bits per heavy atom. The van der Waals surface area contributed by atoms with Crippen LogP contribution in [0, 0.1) is 0 Å². The number of fused-ring (bicyclic) bond motifs is 1. The largest absolute Gasteiger partial charge is 0.496 e. The molecule has 2 rings (SSSR count). The first-order valence-corrected chi connectivity index (χ1v) is 5.54. The Hall–Kier alpha value is -0.500. The predicted octanol–water partition coefficient (Wildman–Crippen LogP) is 3.47. The molecule has 1 aromatic rings. The SMILES string of the molecule is COc1cccc2c1CCCC2Br. The van der Waals surface area contributed by atoms with Crippen LogP contribution in [0.15, 0.2) is 18.2 Å². The molecule has 0 aromatic heterocycles. The van der Waals surface area contributed by atoms with E-state index in [9.17, 15) is 0 Å². The van der Waals surface area contributed by atoms with Crippen LogP contribution in [-0.2, 0) is 6.42 Å². The zero-order chi connectivity index (χ0) is 9.26. The van der Waals surface area contributed by atoms with Crippen molar-refractivity contribution in [3.8, 4) is 5.75 Å². The van der Waals surface area contributed by atoms with Crippen molar-refractivity contribution < 1.29 is 4.74 Å². The molecule has 0 radical (unpaired) electrons. The Bertz CT molecular complexity index is 309. The van der Waals surface area contributed by atoms with E-state index in [2.05, 4.69) is 28.1 Å². The lowest BCUT2D eigenvalue weighted by Gasteiger charge is -2.22. The number of halogens is 1. The van der Waals surface area contributed by atoms with Crippen LogP contribution < -0.4 is 4.74 Å². The molecular weight excluding hydrogens is 228 g/mol. The van der Waals surface area contributed by atoms with Gasteiger partial charge in [0, 0.05) is 4.83 Å². The van der Waals surface area contributed by atoms with Crippen LogP contribution in [0.3, 0.4) is 0 Å². The summed E-state index contributed by atoms with van der Waals surface area (Å²) in [5.41, 5.74) is 2.80. The molecule has 0 bridgehead atoms. The molecular formula is C11H13BrO. The number of rotatable bonds is 1. The molecule has 0 aliphatic heterocycles. The second-order valence-corrected chi connectivity index (χ2v) is 4.49. The van der Waals surface area contributed by atoms with Gasteiger partial charge in [0.05, 0.1) is 7.11 Å². The van der Waals surface area contributed by atoms with E-state index >= 15 is 0 Å². The van der Waals surface area contributed by atoms with Gasteiger partial charge in [0.15, 0.2) is 0 Å². The van der Waals surface area contributed by atoms with Gasteiger partial charge < -0.3 is 4.74 Å². The zero-order valence-corrected chi connectivity index (χ0v) is 9.30. The second kappa shape index (κ2) is 3.70. The normalized spacial score (nSPS) is 20.9. The Morgan fingerprint density at radius 1 is 1.46 bits per heavy atom. The number of hydrogen-bond donors (Lipinski definition) is 0. The molecule has 1 unspecified atom stereocenters. The molecule has 13 heavy (non-hydrogen) atoms. The fourth-order valence-corrected chi connectivity index (χ4v) is 2.70. The van der Waals surface area contributed by atoms with Crippen molar-refractivity contribution in [1.82, 2.24) is 0 Å². The molecule has 0 N–H and O–H groups in total. The van der Waals surface area contributed by atoms with Crippen molar-refractivity contribution in [2.75, 3.05) is 7.11 Å². The fraction of sp³-hybridized carbons (Fsp3) is 0.455. The molecule has 0 amide bonds. The van der Waals surface area contributed by atoms with Crippen molar-refractivity contribution in [1.29, 1.82) is 0 Å². The minimum atomic E-state index is 0.520. The Labute approximate surface area is 87.2 Å². The quantitative estimate of drug-likeness (QED) is 0.684. The van der Waals surface area contributed by atoms with Gasteiger partial charge in [-0.2, -0.15) is 0 Å². The first-order chi connectivity index (χ1) is 6.33. The van der Waals surface area contributed by atoms with Crippen LogP contribution >= 0.6 is 15.9 Å². The van der Waals surface area contributed by atoms with Crippen LogP contribution in [0.2, 0.25) is 0 Å². The Balaban J connectivity index is 2.48. The lowest BCUT2D eigenvalue weighted by Crippen LogP contribution is -2.06. The smallest absolute Gasteiger partial charge is 0.122 e. The maximum atomic E-state index is 5.34. The van der Waals surface area contributed by atoms with E-state index in [0.717, 1.165) is 12.2 Å². The Kier molecular flexibility index (Phi) is 2.58. The summed E-state index contributed by atoms with van der Waals surface area (Å²) in [5, 5.41) is 0. The highest BCUT2D eigenvalue weighted by Crippen LogP contribution is 2.39. The summed E-state index contributed by atoms with van der Waals surface area (Å²) < 4.78 is 5.34. The topological polar surface area (TPSA) is 9.23 Å². The van der Waals surface area contributed by atoms with Crippen LogP contribution in [-0.4, -0.2) is 7.11 Å². The van der Waals surface area contributed by atoms with Gasteiger partial charge in [0.2, 0.25) is 0 Å². The van der Waals surface area contributed by atoms with Crippen LogP contribution in [0.25, 0.3) is 0 Å². The monoisotopic (exact) mass is 240 g/mol. The van der Waals surface area contributed by atoms with Gasteiger partial charge in [-0.15, -0.1) is 0 Å². The maximum Gasteiger partial charge on any atom is 0.122 e. The standard InChI is InChI=1S/C11H13BrO/c1-13-11-7-3-4-8-9(11)5-2-6-10(8)12/h3-4,7,10H,2,5-6H2,1H3. The number of hydrogen-bond acceptors (Lipinski definition) is 1. The number of benzene rings is 1. The van der Waals surface area contributed by atoms with Gasteiger partial charge in [0.25, 0.3) is 0 Å². The van der Waals surface area contributed by atoms with Gasteiger partial charge >= 0.3 is 0 Å². The lowest BCUT2D eigenvalue weighted by molar-refractivity contribution is 0.406. The fourth-order valence-electron chi connectivity index (χ4n) is 1.95. The minimum Gasteiger partial charge on any atom is -0.496 e. The third-order valence-electron chi connectivity index (χ3n) is 2.61. The molecule has 1 aromatic carbocycles. The van der Waals surface area contributed by atoms with Crippen molar-refractivity contribution in [2.24, 2.45) is 0 Å². The van der Waals surface area contributed by atoms with E-state index in [0.29, 0.717) is 4.83 Å². The van der Waals surface area contributed by atoms with Gasteiger partial charge in [-0.1, -0.05) is 28.1 Å². The molecule has 1 aliphatic carbocycles. The third kappa shape index (κ3) is 1.60. The summed E-state index contributed by atoms with van der Waals surface area (Å²) >= 11 is 3.69. The molecule has 0 spiro atoms. The lowest BCUT2D eigenvalue weighted by atomic mass is 9.91. The average Bonchev–Trinajstić information content (AvgIpc) is 2.18. The van der Waals surface area contributed by atoms with Crippen molar-refractivity contribution in [2.45, 2.75) is 24.1 Å². The summed E-state index contributed by atoms with van der Waals surface area (Å²) in [7, 11) is 1.74. The molecule has 0 saturated carbocycles. The second-order valence-electron chi connectivity index (χ2n) is 3.39. The number of methoxy groups -OCH3 is 1. The summed E-state index contributed by atoms with van der Waals surface area (Å²) in [6.07, 6.45) is 3.64. The first kappa shape index (κ1) is 9.07. The minimum absolute atomic E-state index is 0.520. The highest BCUT2D eigenvalue weighted by molar-refractivity contribution is 9.09. The molecule has 0 fully saturated rings.